The normalized spacial score (nSPS) is 20.6. The number of aliphatic hydroxyl groups excluding tert-OH is 1. The van der Waals surface area contributed by atoms with E-state index in [0.29, 0.717) is 6.42 Å². The number of rotatable bonds is 16. The van der Waals surface area contributed by atoms with Crippen LogP contribution in [0.25, 0.3) is 0 Å². The maximum Gasteiger partial charge on any atom is 0.308 e. The third-order valence-electron chi connectivity index (χ3n) is 5.37. The molecule has 0 unspecified atom stereocenters. The van der Waals surface area contributed by atoms with E-state index in [4.69, 9.17) is 4.74 Å². The molecule has 1 saturated heterocycles. The Hall–Kier alpha value is -0.570. The molecule has 1 heterocycles. The highest BCUT2D eigenvalue weighted by Gasteiger charge is 2.26. The molecule has 0 amide bonds. The Morgan fingerprint density at radius 1 is 0.800 bits per heavy atom. The van der Waals surface area contributed by atoms with Crippen LogP contribution in [0.15, 0.2) is 0 Å². The van der Waals surface area contributed by atoms with E-state index >= 15 is 0 Å². The zero-order valence-corrected chi connectivity index (χ0v) is 16.6. The van der Waals surface area contributed by atoms with Crippen molar-refractivity contribution in [3.8, 4) is 0 Å². The largest absolute Gasteiger partial charge is 0.462 e. The Kier molecular flexibility index (Phi) is 14.1. The monoisotopic (exact) mass is 354 g/mol. The maximum absolute atomic E-state index is 11.3. The molecule has 0 bridgehead atoms. The number of ether oxygens (including phenoxy) is 1. The summed E-state index contributed by atoms with van der Waals surface area (Å²) in [6, 6.07) is 0. The van der Waals surface area contributed by atoms with Gasteiger partial charge in [0.1, 0.15) is 6.10 Å². The molecule has 0 radical (unpaired) electrons. The predicted molar refractivity (Wildman–Crippen MR) is 105 cm³/mol. The minimum atomic E-state index is -0.484. The van der Waals surface area contributed by atoms with Crippen molar-refractivity contribution in [1.29, 1.82) is 0 Å². The lowest BCUT2D eigenvalue weighted by Crippen LogP contribution is -2.32. The number of aliphatic hydroxyl groups is 1. The summed E-state index contributed by atoms with van der Waals surface area (Å²) >= 11 is 0. The van der Waals surface area contributed by atoms with Gasteiger partial charge in [-0.1, -0.05) is 96.8 Å². The van der Waals surface area contributed by atoms with Crippen molar-refractivity contribution in [2.24, 2.45) is 0 Å². The van der Waals surface area contributed by atoms with E-state index in [2.05, 4.69) is 6.92 Å². The molecule has 1 aliphatic rings. The predicted octanol–water partition coefficient (Wildman–Crippen LogP) is 6.31. The van der Waals surface area contributed by atoms with Crippen molar-refractivity contribution in [1.82, 2.24) is 0 Å². The van der Waals surface area contributed by atoms with Gasteiger partial charge in [-0.3, -0.25) is 4.79 Å². The lowest BCUT2D eigenvalue weighted by Gasteiger charge is -2.25. The molecule has 0 saturated carbocycles. The van der Waals surface area contributed by atoms with Gasteiger partial charge in [0, 0.05) is 6.42 Å². The Morgan fingerprint density at radius 3 is 1.68 bits per heavy atom. The Labute approximate surface area is 155 Å². The van der Waals surface area contributed by atoms with E-state index in [0.717, 1.165) is 12.8 Å². The molecule has 1 fully saturated rings. The summed E-state index contributed by atoms with van der Waals surface area (Å²) in [6.45, 7) is 2.28. The molecule has 0 aromatic carbocycles. The van der Waals surface area contributed by atoms with Crippen molar-refractivity contribution >= 4 is 5.97 Å². The van der Waals surface area contributed by atoms with E-state index in [1.54, 1.807) is 0 Å². The average molecular weight is 355 g/mol. The number of hydrogen-bond acceptors (Lipinski definition) is 3. The summed E-state index contributed by atoms with van der Waals surface area (Å²) in [5, 5.41) is 9.57. The van der Waals surface area contributed by atoms with Crippen LogP contribution < -0.4 is 0 Å². The van der Waals surface area contributed by atoms with Crippen molar-refractivity contribution in [2.45, 2.75) is 135 Å². The molecule has 0 aromatic heterocycles. The number of unbranched alkanes of at least 4 members (excludes halogenated alkanes) is 14. The fourth-order valence-electron chi connectivity index (χ4n) is 3.78. The van der Waals surface area contributed by atoms with Crippen molar-refractivity contribution in [2.75, 3.05) is 0 Å². The molecular weight excluding hydrogens is 312 g/mol. The van der Waals surface area contributed by atoms with Crippen LogP contribution in [0.4, 0.5) is 0 Å². The van der Waals surface area contributed by atoms with Crippen LogP contribution >= 0.6 is 0 Å². The molecule has 1 aliphatic heterocycles. The topological polar surface area (TPSA) is 46.5 Å². The molecule has 1 N–H and O–H groups in total. The lowest BCUT2D eigenvalue weighted by atomic mass is 9.99. The second-order valence-electron chi connectivity index (χ2n) is 7.94. The standard InChI is InChI=1S/C22H42O3/c1-2-3-4-5-6-7-8-9-10-11-12-13-14-15-16-17-21-18-20(23)19-22(24)25-21/h20-21,23H,2-19H2,1H3/t20-,21+/m1/s1. The van der Waals surface area contributed by atoms with Gasteiger partial charge in [-0.25, -0.2) is 0 Å². The summed E-state index contributed by atoms with van der Waals surface area (Å²) in [4.78, 5) is 11.3. The third kappa shape index (κ3) is 13.3. The van der Waals surface area contributed by atoms with E-state index in [-0.39, 0.29) is 18.5 Å². The minimum Gasteiger partial charge on any atom is -0.462 e. The van der Waals surface area contributed by atoms with Crippen LogP contribution in [0, 0.1) is 0 Å². The maximum atomic E-state index is 11.3. The zero-order chi connectivity index (χ0) is 18.2. The van der Waals surface area contributed by atoms with Crippen LogP contribution in [-0.4, -0.2) is 23.3 Å². The Bertz CT molecular complexity index is 316. The molecule has 2 atom stereocenters. The number of esters is 1. The molecular formula is C22H42O3. The first-order valence-corrected chi connectivity index (χ1v) is 11.1. The highest BCUT2D eigenvalue weighted by atomic mass is 16.5. The van der Waals surface area contributed by atoms with E-state index in [1.807, 2.05) is 0 Å². The van der Waals surface area contributed by atoms with Crippen molar-refractivity contribution in [3.63, 3.8) is 0 Å². The molecule has 1 rings (SSSR count). The van der Waals surface area contributed by atoms with Gasteiger partial charge in [0.25, 0.3) is 0 Å². The molecule has 25 heavy (non-hydrogen) atoms. The first-order valence-electron chi connectivity index (χ1n) is 11.1. The van der Waals surface area contributed by atoms with Gasteiger partial charge < -0.3 is 9.84 Å². The second-order valence-corrected chi connectivity index (χ2v) is 7.94. The highest BCUT2D eigenvalue weighted by molar-refractivity contribution is 5.70. The quantitative estimate of drug-likeness (QED) is 0.261. The average Bonchev–Trinajstić information content (AvgIpc) is 2.57. The van der Waals surface area contributed by atoms with Crippen LogP contribution in [0.5, 0.6) is 0 Å². The molecule has 3 heteroatoms. The van der Waals surface area contributed by atoms with Gasteiger partial charge >= 0.3 is 5.97 Å². The number of carbonyl (C=O) groups excluding carboxylic acids is 1. The summed E-state index contributed by atoms with van der Waals surface area (Å²) in [5.74, 6) is -0.232. The van der Waals surface area contributed by atoms with Crippen LogP contribution in [0.2, 0.25) is 0 Å². The summed E-state index contributed by atoms with van der Waals surface area (Å²) in [5.41, 5.74) is 0. The molecule has 0 spiro atoms. The third-order valence-corrected chi connectivity index (χ3v) is 5.37. The fourth-order valence-corrected chi connectivity index (χ4v) is 3.78. The van der Waals surface area contributed by atoms with Gasteiger partial charge in [-0.05, 0) is 12.8 Å². The molecule has 0 aliphatic carbocycles. The SMILES string of the molecule is CCCCCCCCCCCCCCCCC[C@H]1C[C@@H](O)CC(=O)O1. The van der Waals surface area contributed by atoms with Crippen molar-refractivity contribution in [3.05, 3.63) is 0 Å². The van der Waals surface area contributed by atoms with E-state index in [9.17, 15) is 9.90 Å². The number of hydrogen-bond donors (Lipinski definition) is 1. The molecule has 3 nitrogen and oxygen atoms in total. The zero-order valence-electron chi connectivity index (χ0n) is 16.6. The van der Waals surface area contributed by atoms with E-state index < -0.39 is 6.10 Å². The summed E-state index contributed by atoms with van der Waals surface area (Å²) in [7, 11) is 0. The second kappa shape index (κ2) is 15.7. The van der Waals surface area contributed by atoms with Crippen LogP contribution in [0.3, 0.4) is 0 Å². The summed E-state index contributed by atoms with van der Waals surface area (Å²) in [6.07, 6.45) is 21.7. The highest BCUT2D eigenvalue weighted by Crippen LogP contribution is 2.20. The lowest BCUT2D eigenvalue weighted by molar-refractivity contribution is -0.160. The van der Waals surface area contributed by atoms with Gasteiger partial charge in [0.05, 0.1) is 12.5 Å². The Morgan fingerprint density at radius 2 is 1.24 bits per heavy atom. The van der Waals surface area contributed by atoms with Gasteiger partial charge in [-0.15, -0.1) is 0 Å². The van der Waals surface area contributed by atoms with Crippen LogP contribution in [-0.2, 0) is 9.53 Å². The summed E-state index contributed by atoms with van der Waals surface area (Å²) < 4.78 is 5.28. The van der Waals surface area contributed by atoms with Gasteiger partial charge in [0.15, 0.2) is 0 Å². The Balaban J connectivity index is 1.75. The van der Waals surface area contributed by atoms with E-state index in [1.165, 1.54) is 89.9 Å². The molecule has 0 aromatic rings. The van der Waals surface area contributed by atoms with Gasteiger partial charge in [-0.2, -0.15) is 0 Å². The van der Waals surface area contributed by atoms with Gasteiger partial charge in [0.2, 0.25) is 0 Å². The minimum absolute atomic E-state index is 0.0433. The smallest absolute Gasteiger partial charge is 0.308 e. The first-order chi connectivity index (χ1) is 12.2. The number of cyclic esters (lactones) is 1. The number of carbonyl (C=O) groups is 1. The fraction of sp³-hybridized carbons (Fsp3) is 0.955. The van der Waals surface area contributed by atoms with Crippen molar-refractivity contribution < 1.29 is 14.6 Å². The first kappa shape index (κ1) is 22.5. The molecule has 148 valence electrons. The van der Waals surface area contributed by atoms with Crippen LogP contribution in [0.1, 0.15) is 122 Å².